The molecule has 10 nitrogen and oxygen atoms in total. The number of amides is 1. The number of hydrogen-bond donors (Lipinski definition) is 2. The van der Waals surface area contributed by atoms with E-state index in [0.717, 1.165) is 16.8 Å². The maximum Gasteiger partial charge on any atom is 0.586 e. The molecule has 1 aromatic heterocycles. The molecular weight excluding hydrogens is 693 g/mol. The zero-order chi connectivity index (χ0) is 36.8. The minimum absolute atomic E-state index is 0.0405. The summed E-state index contributed by atoms with van der Waals surface area (Å²) >= 11 is 0. The van der Waals surface area contributed by atoms with Crippen LogP contribution in [0.3, 0.4) is 0 Å². The number of hydrogen-bond acceptors (Lipinski definition) is 8. The zero-order valence-electron chi connectivity index (χ0n) is 28.8. The molecular formula is C40H37F3N2O8. The number of nitrogens with zero attached hydrogens (tertiary/aromatic N) is 1. The molecule has 1 saturated heterocycles. The Balaban J connectivity index is 1.07. The molecule has 276 valence electrons. The van der Waals surface area contributed by atoms with Crippen LogP contribution in [-0.2, 0) is 49.6 Å². The van der Waals surface area contributed by atoms with Gasteiger partial charge in [0.2, 0.25) is 5.91 Å². The van der Waals surface area contributed by atoms with Crippen LogP contribution in [-0.4, -0.2) is 61.0 Å². The second-order valence-electron chi connectivity index (χ2n) is 14.0. The van der Waals surface area contributed by atoms with Crippen LogP contribution in [0.5, 0.6) is 17.2 Å². The Morgan fingerprint density at radius 3 is 2.21 bits per heavy atom. The first-order chi connectivity index (χ1) is 25.5. The number of ether oxygens (including phenoxy) is 6. The van der Waals surface area contributed by atoms with Gasteiger partial charge in [-0.3, -0.25) is 4.79 Å². The summed E-state index contributed by atoms with van der Waals surface area (Å²) in [4.78, 5) is 13.8. The fourth-order valence-electron chi connectivity index (χ4n) is 7.03. The van der Waals surface area contributed by atoms with E-state index in [0.29, 0.717) is 49.5 Å². The standard InChI is InChI=1S/C40H37F3N2O8/c1-38(21-51-33-16-35-34(14-29(33)38)52-40(42,43)53-35)37(47)44-31-12-27-13-36(39(23-50-24-39)22-49-19-26-10-6-3-7-11-26)45(32(27)15-30(31)41)17-28(46)20-48-18-25-8-4-2-5-9-25/h2-16,28,46H,17-24H2,1H3,(H,44,47)/t28-,38+/m1/s1. The summed E-state index contributed by atoms with van der Waals surface area (Å²) in [5.74, 6) is -1.56. The third-order valence-corrected chi connectivity index (χ3v) is 9.96. The highest BCUT2D eigenvalue weighted by atomic mass is 19.3. The first kappa shape index (κ1) is 35.0. The average Bonchev–Trinajstić information content (AvgIpc) is 3.75. The lowest BCUT2D eigenvalue weighted by atomic mass is 9.83. The van der Waals surface area contributed by atoms with Crippen molar-refractivity contribution >= 4 is 22.5 Å². The maximum atomic E-state index is 16.0. The number of aliphatic hydroxyl groups is 1. The van der Waals surface area contributed by atoms with Gasteiger partial charge >= 0.3 is 6.29 Å². The molecule has 4 heterocycles. The minimum Gasteiger partial charge on any atom is -0.492 e. The second kappa shape index (κ2) is 13.7. The quantitative estimate of drug-likeness (QED) is 0.142. The minimum atomic E-state index is -3.84. The van der Waals surface area contributed by atoms with Crippen LogP contribution in [0.2, 0.25) is 0 Å². The number of anilines is 1. The number of nitrogens with one attached hydrogen (secondary N) is 1. The second-order valence-corrected chi connectivity index (χ2v) is 14.0. The first-order valence-electron chi connectivity index (χ1n) is 17.2. The normalized spacial score (nSPS) is 19.7. The van der Waals surface area contributed by atoms with E-state index in [4.69, 9.17) is 18.9 Å². The van der Waals surface area contributed by atoms with Gasteiger partial charge in [0.15, 0.2) is 11.5 Å². The Morgan fingerprint density at radius 1 is 0.887 bits per heavy atom. The van der Waals surface area contributed by atoms with Crippen molar-refractivity contribution in [3.05, 3.63) is 119 Å². The van der Waals surface area contributed by atoms with Gasteiger partial charge in [-0.2, -0.15) is 0 Å². The number of rotatable bonds is 13. The first-order valence-corrected chi connectivity index (χ1v) is 17.2. The summed E-state index contributed by atoms with van der Waals surface area (Å²) in [6.07, 6.45) is -4.77. The van der Waals surface area contributed by atoms with E-state index in [2.05, 4.69) is 14.8 Å². The predicted molar refractivity (Wildman–Crippen MR) is 187 cm³/mol. The van der Waals surface area contributed by atoms with Gasteiger partial charge in [0.05, 0.1) is 68.9 Å². The number of halogens is 3. The molecule has 4 aromatic carbocycles. The number of benzene rings is 4. The van der Waals surface area contributed by atoms with Crippen molar-refractivity contribution in [3.63, 3.8) is 0 Å². The van der Waals surface area contributed by atoms with Crippen molar-refractivity contribution in [2.75, 3.05) is 38.4 Å². The summed E-state index contributed by atoms with van der Waals surface area (Å²) in [7, 11) is 0. The van der Waals surface area contributed by atoms with Crippen LogP contribution in [0.4, 0.5) is 18.9 Å². The molecule has 0 aliphatic carbocycles. The smallest absolute Gasteiger partial charge is 0.492 e. The number of carbonyl (C=O) groups is 1. The highest BCUT2D eigenvalue weighted by molar-refractivity contribution is 6.01. The predicted octanol–water partition coefficient (Wildman–Crippen LogP) is 6.45. The Labute approximate surface area is 302 Å². The lowest BCUT2D eigenvalue weighted by Crippen LogP contribution is -2.51. The van der Waals surface area contributed by atoms with E-state index in [1.807, 2.05) is 71.3 Å². The molecule has 5 aromatic rings. The van der Waals surface area contributed by atoms with Crippen molar-refractivity contribution < 1.29 is 51.5 Å². The monoisotopic (exact) mass is 730 g/mol. The molecule has 3 aliphatic rings. The summed E-state index contributed by atoms with van der Waals surface area (Å²) in [6, 6.07) is 26.7. The van der Waals surface area contributed by atoms with Crippen molar-refractivity contribution in [3.8, 4) is 17.2 Å². The Hall–Kier alpha value is -5.08. The number of aromatic nitrogens is 1. The van der Waals surface area contributed by atoms with Gasteiger partial charge in [-0.15, -0.1) is 8.78 Å². The van der Waals surface area contributed by atoms with Gasteiger partial charge < -0.3 is 43.4 Å². The van der Waals surface area contributed by atoms with Crippen molar-refractivity contribution in [1.29, 1.82) is 0 Å². The summed E-state index contributed by atoms with van der Waals surface area (Å²) in [6.45, 7) is 3.33. The Kier molecular flexibility index (Phi) is 9.05. The summed E-state index contributed by atoms with van der Waals surface area (Å²) < 4.78 is 78.0. The molecule has 3 aliphatic heterocycles. The van der Waals surface area contributed by atoms with Gasteiger partial charge in [-0.25, -0.2) is 4.39 Å². The molecule has 8 rings (SSSR count). The molecule has 0 spiro atoms. The number of carbonyl (C=O) groups excluding carboxylic acids is 1. The maximum absolute atomic E-state index is 16.0. The van der Waals surface area contributed by atoms with Crippen molar-refractivity contribution in [2.45, 2.75) is 49.9 Å². The molecule has 1 amide bonds. The molecule has 0 saturated carbocycles. The van der Waals surface area contributed by atoms with E-state index in [-0.39, 0.29) is 42.7 Å². The van der Waals surface area contributed by atoms with Gasteiger partial charge in [-0.05, 0) is 36.2 Å². The fraction of sp³-hybridized carbons (Fsp3) is 0.325. The van der Waals surface area contributed by atoms with Crippen LogP contribution in [0, 0.1) is 5.82 Å². The average molecular weight is 731 g/mol. The zero-order valence-corrected chi connectivity index (χ0v) is 28.8. The third-order valence-electron chi connectivity index (χ3n) is 9.96. The Morgan fingerprint density at radius 2 is 1.55 bits per heavy atom. The lowest BCUT2D eigenvalue weighted by molar-refractivity contribution is -0.286. The molecule has 1 fully saturated rings. The molecule has 0 radical (unpaired) electrons. The van der Waals surface area contributed by atoms with E-state index < -0.39 is 35.0 Å². The molecule has 53 heavy (non-hydrogen) atoms. The van der Waals surface area contributed by atoms with E-state index >= 15 is 4.39 Å². The topological polar surface area (TPSA) is 110 Å². The summed E-state index contributed by atoms with van der Waals surface area (Å²) in [5.41, 5.74) is 1.55. The van der Waals surface area contributed by atoms with E-state index in [1.165, 1.54) is 18.2 Å². The third kappa shape index (κ3) is 6.81. The van der Waals surface area contributed by atoms with Crippen LogP contribution in [0.25, 0.3) is 10.9 Å². The molecule has 0 bridgehead atoms. The van der Waals surface area contributed by atoms with E-state index in [1.54, 1.807) is 13.0 Å². The summed E-state index contributed by atoms with van der Waals surface area (Å²) in [5, 5.41) is 14.5. The van der Waals surface area contributed by atoms with Crippen LogP contribution in [0.15, 0.2) is 91.0 Å². The van der Waals surface area contributed by atoms with Gasteiger partial charge in [-0.1, -0.05) is 60.7 Å². The van der Waals surface area contributed by atoms with Crippen LogP contribution in [0.1, 0.15) is 29.3 Å². The molecule has 2 atom stereocenters. The van der Waals surface area contributed by atoms with Crippen molar-refractivity contribution in [1.82, 2.24) is 4.57 Å². The van der Waals surface area contributed by atoms with E-state index in [9.17, 15) is 18.7 Å². The Bertz CT molecular complexity index is 2140. The number of aliphatic hydroxyl groups excluding tert-OH is 1. The molecule has 0 unspecified atom stereocenters. The highest BCUT2D eigenvalue weighted by Crippen LogP contribution is 2.50. The lowest BCUT2D eigenvalue weighted by Gasteiger charge is -2.42. The highest BCUT2D eigenvalue weighted by Gasteiger charge is 2.49. The van der Waals surface area contributed by atoms with Crippen LogP contribution < -0.4 is 19.5 Å². The molecule has 13 heteroatoms. The molecule has 2 N–H and O–H groups in total. The largest absolute Gasteiger partial charge is 0.586 e. The number of alkyl halides is 2. The SMILES string of the molecule is C[C@]1(C(=O)Nc2cc3cc(C4(COCc5ccccc5)COC4)n(C[C@@H](O)COCc4ccccc4)c3cc2F)COc2cc3c(cc21)OC(F)(F)O3. The van der Waals surface area contributed by atoms with Crippen LogP contribution >= 0.6 is 0 Å². The van der Waals surface area contributed by atoms with Gasteiger partial charge in [0.1, 0.15) is 23.6 Å². The van der Waals surface area contributed by atoms with Gasteiger partial charge in [0.25, 0.3) is 0 Å². The fourth-order valence-corrected chi connectivity index (χ4v) is 7.03. The van der Waals surface area contributed by atoms with Crippen molar-refractivity contribution in [2.24, 2.45) is 0 Å². The number of fused-ring (bicyclic) bond motifs is 3. The van der Waals surface area contributed by atoms with Gasteiger partial charge in [0, 0.05) is 28.8 Å².